The third kappa shape index (κ3) is 4.02. The fraction of sp³-hybridized carbons (Fsp3) is 0. The van der Waals surface area contributed by atoms with E-state index >= 15 is 0 Å². The monoisotopic (exact) mass is 655 g/mol. The van der Waals surface area contributed by atoms with Gasteiger partial charge in [0, 0.05) is 54.2 Å². The van der Waals surface area contributed by atoms with Crippen molar-refractivity contribution in [1.82, 2.24) is 23.9 Å². The van der Waals surface area contributed by atoms with E-state index in [1.54, 1.807) is 0 Å². The minimum atomic E-state index is 0.572. The molecule has 0 aliphatic heterocycles. The molecule has 0 unspecified atom stereocenters. The summed E-state index contributed by atoms with van der Waals surface area (Å²) in [7, 11) is 0. The summed E-state index contributed by atoms with van der Waals surface area (Å²) in [5, 5.41) is 6.86. The first kappa shape index (κ1) is 27.4. The van der Waals surface area contributed by atoms with Crippen molar-refractivity contribution in [3.63, 3.8) is 0 Å². The van der Waals surface area contributed by atoms with Crippen LogP contribution in [0, 0.1) is 0 Å². The zero-order chi connectivity index (χ0) is 31.9. The molecule has 0 aliphatic rings. The van der Waals surface area contributed by atoms with Crippen molar-refractivity contribution in [2.24, 2.45) is 0 Å². The molecular weight excluding hydrogens is 633 g/mol. The quantitative estimate of drug-likeness (QED) is 0.178. The van der Waals surface area contributed by atoms with Crippen LogP contribution >= 0.6 is 23.2 Å². The predicted octanol–water partition coefficient (Wildman–Crippen LogP) is 11.3. The first-order chi connectivity index (χ1) is 23.6. The van der Waals surface area contributed by atoms with Gasteiger partial charge in [-0.2, -0.15) is 0 Å². The smallest absolute Gasteiger partial charge is 0.162 e. The Kier molecular flexibility index (Phi) is 5.92. The van der Waals surface area contributed by atoms with Gasteiger partial charge in [-0.05, 0) is 54.6 Å². The Morgan fingerprint density at radius 2 is 1.15 bits per heavy atom. The molecule has 4 heterocycles. The van der Waals surface area contributed by atoms with E-state index in [-0.39, 0.29) is 0 Å². The number of benzene rings is 6. The van der Waals surface area contributed by atoms with Gasteiger partial charge in [-0.15, -0.1) is 0 Å². The number of fused-ring (bicyclic) bond motifs is 12. The summed E-state index contributed by atoms with van der Waals surface area (Å²) in [6.07, 6.45) is 0. The molecule has 7 heteroatoms. The highest BCUT2D eigenvalue weighted by molar-refractivity contribution is 6.31. The molecule has 4 aromatic heterocycles. The second-order valence-electron chi connectivity index (χ2n) is 12.0. The Bertz CT molecular complexity index is 2880. The molecule has 226 valence electrons. The Morgan fingerprint density at radius 1 is 0.479 bits per heavy atom. The summed E-state index contributed by atoms with van der Waals surface area (Å²) in [6, 6.07) is 47.4. The summed E-state index contributed by atoms with van der Waals surface area (Å²) < 4.78 is 4.56. The van der Waals surface area contributed by atoms with Crippen LogP contribution in [0.25, 0.3) is 88.6 Å². The van der Waals surface area contributed by atoms with Crippen molar-refractivity contribution in [3.8, 4) is 28.5 Å². The van der Waals surface area contributed by atoms with E-state index < -0.39 is 0 Å². The van der Waals surface area contributed by atoms with E-state index in [1.807, 2.05) is 54.6 Å². The first-order valence-corrected chi connectivity index (χ1v) is 16.4. The molecule has 0 bridgehead atoms. The van der Waals surface area contributed by atoms with Gasteiger partial charge in [-0.3, -0.25) is 8.97 Å². The molecule has 0 N–H and O–H groups in total. The van der Waals surface area contributed by atoms with Crippen LogP contribution in [0.4, 0.5) is 0 Å². The topological polar surface area (TPSA) is 48.0 Å². The van der Waals surface area contributed by atoms with Crippen LogP contribution < -0.4 is 0 Å². The number of nitrogens with zero attached hydrogens (tertiary/aromatic N) is 5. The number of halogens is 2. The van der Waals surface area contributed by atoms with Gasteiger partial charge >= 0.3 is 0 Å². The lowest BCUT2D eigenvalue weighted by atomic mass is 10.0. The van der Waals surface area contributed by atoms with Gasteiger partial charge in [0.1, 0.15) is 11.5 Å². The number of rotatable bonds is 3. The van der Waals surface area contributed by atoms with Crippen LogP contribution in [0.3, 0.4) is 0 Å². The predicted molar refractivity (Wildman–Crippen MR) is 199 cm³/mol. The summed E-state index contributed by atoms with van der Waals surface area (Å²) in [5.74, 6) is 1.31. The molecule has 5 nitrogen and oxygen atoms in total. The maximum absolute atomic E-state index is 6.49. The fourth-order valence-corrected chi connectivity index (χ4v) is 7.57. The van der Waals surface area contributed by atoms with Crippen LogP contribution in [0.2, 0.25) is 10.0 Å². The maximum Gasteiger partial charge on any atom is 0.162 e. The number of hydrogen-bond donors (Lipinski definition) is 0. The zero-order valence-corrected chi connectivity index (χ0v) is 26.8. The zero-order valence-electron chi connectivity index (χ0n) is 25.3. The van der Waals surface area contributed by atoms with Gasteiger partial charge in [0.2, 0.25) is 0 Å². The second kappa shape index (κ2) is 10.4. The maximum atomic E-state index is 6.49. The van der Waals surface area contributed by atoms with Crippen LogP contribution in [0.1, 0.15) is 0 Å². The highest BCUT2D eigenvalue weighted by atomic mass is 35.5. The molecule has 0 saturated heterocycles. The molecular formula is C41H23Cl2N5. The third-order valence-corrected chi connectivity index (χ3v) is 9.67. The standard InChI is InChI=1S/C41H23Cl2N5/c42-26-11-7-9-24(21-26)33-23-37(46-40(44-33)25-10-8-12-27(43)22-25)48-34-16-4-1-13-28(34)29-19-20-31-38(39(29)48)30-14-2-5-17-35(30)47-36-18-6-3-15-32(36)45-41(31)47/h1-23H. The molecule has 0 spiro atoms. The van der Waals surface area contributed by atoms with Crippen LogP contribution in [-0.4, -0.2) is 23.9 Å². The normalized spacial score (nSPS) is 12.0. The van der Waals surface area contributed by atoms with Crippen LogP contribution in [-0.2, 0) is 0 Å². The minimum absolute atomic E-state index is 0.572. The Labute approximate surface area is 284 Å². The summed E-state index contributed by atoms with van der Waals surface area (Å²) in [4.78, 5) is 15.5. The van der Waals surface area contributed by atoms with E-state index in [4.69, 9.17) is 38.2 Å². The van der Waals surface area contributed by atoms with Crippen molar-refractivity contribution in [3.05, 3.63) is 150 Å². The number of aromatic nitrogens is 5. The molecule has 10 rings (SSSR count). The fourth-order valence-electron chi connectivity index (χ4n) is 7.19. The molecule has 0 fully saturated rings. The van der Waals surface area contributed by atoms with Crippen molar-refractivity contribution >= 4 is 83.4 Å². The van der Waals surface area contributed by atoms with Gasteiger partial charge < -0.3 is 0 Å². The highest BCUT2D eigenvalue weighted by Crippen LogP contribution is 2.42. The molecule has 10 aromatic rings. The molecule has 0 radical (unpaired) electrons. The molecule has 0 atom stereocenters. The lowest BCUT2D eigenvalue weighted by Gasteiger charge is -2.15. The number of para-hydroxylation sites is 4. The van der Waals surface area contributed by atoms with Crippen molar-refractivity contribution in [1.29, 1.82) is 0 Å². The van der Waals surface area contributed by atoms with E-state index in [9.17, 15) is 0 Å². The summed E-state index contributed by atoms with van der Waals surface area (Å²) in [5.41, 5.74) is 8.66. The average Bonchev–Trinajstić information content (AvgIpc) is 3.68. The van der Waals surface area contributed by atoms with E-state index in [0.717, 1.165) is 82.8 Å². The van der Waals surface area contributed by atoms with Gasteiger partial charge in [0.05, 0.1) is 33.3 Å². The molecule has 0 saturated carbocycles. The first-order valence-electron chi connectivity index (χ1n) is 15.7. The van der Waals surface area contributed by atoms with Crippen LogP contribution in [0.15, 0.2) is 140 Å². The number of hydrogen-bond acceptors (Lipinski definition) is 3. The van der Waals surface area contributed by atoms with Crippen molar-refractivity contribution in [2.45, 2.75) is 0 Å². The Balaban J connectivity index is 1.41. The van der Waals surface area contributed by atoms with Crippen LogP contribution in [0.5, 0.6) is 0 Å². The Hall–Kier alpha value is -5.75. The number of pyridine rings is 1. The minimum Gasteiger partial charge on any atom is -0.293 e. The second-order valence-corrected chi connectivity index (χ2v) is 12.8. The SMILES string of the molecule is Clc1cccc(-c2cc(-n3c4ccccc4c4ccc5c(c6ccccc6n6c7ccccc7nc56)c43)nc(-c3cccc(Cl)c3)n2)c1. The van der Waals surface area contributed by atoms with Crippen molar-refractivity contribution in [2.75, 3.05) is 0 Å². The number of imidazole rings is 1. The average molecular weight is 657 g/mol. The van der Waals surface area contributed by atoms with Gasteiger partial charge in [0.15, 0.2) is 5.82 Å². The molecule has 0 aliphatic carbocycles. The van der Waals surface area contributed by atoms with Gasteiger partial charge in [0.25, 0.3) is 0 Å². The lowest BCUT2D eigenvalue weighted by Crippen LogP contribution is -2.03. The highest BCUT2D eigenvalue weighted by Gasteiger charge is 2.22. The third-order valence-electron chi connectivity index (χ3n) is 9.20. The van der Waals surface area contributed by atoms with E-state index in [1.165, 1.54) is 0 Å². The largest absolute Gasteiger partial charge is 0.293 e. The van der Waals surface area contributed by atoms with Gasteiger partial charge in [-0.1, -0.05) is 102 Å². The van der Waals surface area contributed by atoms with Crippen molar-refractivity contribution < 1.29 is 0 Å². The molecule has 0 amide bonds. The lowest BCUT2D eigenvalue weighted by molar-refractivity contribution is 1.05. The Morgan fingerprint density at radius 3 is 1.96 bits per heavy atom. The summed E-state index contributed by atoms with van der Waals surface area (Å²) >= 11 is 13.0. The van der Waals surface area contributed by atoms with E-state index in [2.05, 4.69) is 93.9 Å². The molecule has 6 aromatic carbocycles. The summed E-state index contributed by atoms with van der Waals surface area (Å²) in [6.45, 7) is 0. The van der Waals surface area contributed by atoms with E-state index in [0.29, 0.717) is 15.9 Å². The van der Waals surface area contributed by atoms with Gasteiger partial charge in [-0.25, -0.2) is 15.0 Å². The molecule has 48 heavy (non-hydrogen) atoms.